The molecule has 0 saturated carbocycles. The standard InChI is InChI=1S/C14H13F2N3O2S2/c15-10-2-1-9(6-11(10)16)22-4-3-13(21)19-14-18-8(7-23-14)5-12(17)20/h1-2,6-7H,3-5H2,(H2,17,20)(H,18,19,21). The SMILES string of the molecule is NC(=O)Cc1csc(NC(=O)CCSc2ccc(F)c(F)c2)n1. The molecule has 0 aliphatic rings. The molecule has 5 nitrogen and oxygen atoms in total. The molecule has 0 aliphatic carbocycles. The highest BCUT2D eigenvalue weighted by Gasteiger charge is 2.09. The van der Waals surface area contributed by atoms with Crippen LogP contribution in [0.5, 0.6) is 0 Å². The number of thioether (sulfide) groups is 1. The van der Waals surface area contributed by atoms with E-state index in [1.165, 1.54) is 29.2 Å². The highest BCUT2D eigenvalue weighted by Crippen LogP contribution is 2.21. The van der Waals surface area contributed by atoms with E-state index >= 15 is 0 Å². The van der Waals surface area contributed by atoms with Gasteiger partial charge in [0.05, 0.1) is 12.1 Å². The molecule has 2 rings (SSSR count). The average Bonchev–Trinajstić information content (AvgIpc) is 2.89. The molecule has 0 unspecified atom stereocenters. The first kappa shape index (κ1) is 17.4. The van der Waals surface area contributed by atoms with Crippen LogP contribution in [0, 0.1) is 11.6 Å². The largest absolute Gasteiger partial charge is 0.369 e. The number of hydrogen-bond donors (Lipinski definition) is 2. The Balaban J connectivity index is 1.77. The van der Waals surface area contributed by atoms with Crippen molar-refractivity contribution in [2.24, 2.45) is 5.73 Å². The minimum Gasteiger partial charge on any atom is -0.369 e. The molecule has 1 heterocycles. The van der Waals surface area contributed by atoms with E-state index in [4.69, 9.17) is 5.73 Å². The van der Waals surface area contributed by atoms with Gasteiger partial charge in [0.15, 0.2) is 16.8 Å². The van der Waals surface area contributed by atoms with Gasteiger partial charge < -0.3 is 11.1 Å². The van der Waals surface area contributed by atoms with Crippen molar-refractivity contribution >= 4 is 40.0 Å². The van der Waals surface area contributed by atoms with Crippen LogP contribution in [0.25, 0.3) is 0 Å². The number of nitrogens with two attached hydrogens (primary N) is 1. The van der Waals surface area contributed by atoms with Crippen LogP contribution in [0.2, 0.25) is 0 Å². The van der Waals surface area contributed by atoms with Crippen molar-refractivity contribution in [3.05, 3.63) is 40.9 Å². The number of nitrogens with zero attached hydrogens (tertiary/aromatic N) is 1. The molecule has 0 atom stereocenters. The number of nitrogens with one attached hydrogen (secondary N) is 1. The molecule has 9 heteroatoms. The lowest BCUT2D eigenvalue weighted by Crippen LogP contribution is -2.14. The van der Waals surface area contributed by atoms with Gasteiger partial charge in [0.2, 0.25) is 11.8 Å². The monoisotopic (exact) mass is 357 g/mol. The second-order valence-corrected chi connectivity index (χ2v) is 6.54. The quantitative estimate of drug-likeness (QED) is 0.746. The zero-order valence-electron chi connectivity index (χ0n) is 11.8. The molecule has 0 saturated heterocycles. The van der Waals surface area contributed by atoms with Crippen LogP contribution < -0.4 is 11.1 Å². The number of halogens is 2. The van der Waals surface area contributed by atoms with Gasteiger partial charge in [0.25, 0.3) is 0 Å². The summed E-state index contributed by atoms with van der Waals surface area (Å²) in [6.45, 7) is 0. The van der Waals surface area contributed by atoms with Gasteiger partial charge in [-0.2, -0.15) is 0 Å². The second-order valence-electron chi connectivity index (χ2n) is 4.51. The van der Waals surface area contributed by atoms with Crippen molar-refractivity contribution in [3.8, 4) is 0 Å². The molecule has 0 bridgehead atoms. The first-order valence-corrected chi connectivity index (χ1v) is 8.41. The molecular formula is C14H13F2N3O2S2. The number of aromatic nitrogens is 1. The lowest BCUT2D eigenvalue weighted by Gasteiger charge is -2.03. The second kappa shape index (κ2) is 8.02. The number of benzene rings is 1. The molecule has 23 heavy (non-hydrogen) atoms. The molecule has 0 aliphatic heterocycles. The Morgan fingerprint density at radius 1 is 1.30 bits per heavy atom. The number of primary amides is 1. The van der Waals surface area contributed by atoms with Crippen LogP contribution in [-0.4, -0.2) is 22.6 Å². The number of carbonyl (C=O) groups excluding carboxylic acids is 2. The van der Waals surface area contributed by atoms with Crippen LogP contribution in [0.1, 0.15) is 12.1 Å². The zero-order valence-corrected chi connectivity index (χ0v) is 13.5. The molecule has 1 aromatic carbocycles. The van der Waals surface area contributed by atoms with Crippen LogP contribution in [0.3, 0.4) is 0 Å². The number of amides is 2. The predicted molar refractivity (Wildman–Crippen MR) is 85.3 cm³/mol. The number of rotatable bonds is 7. The first-order chi connectivity index (χ1) is 10.9. The van der Waals surface area contributed by atoms with Gasteiger partial charge in [0, 0.05) is 22.4 Å². The summed E-state index contributed by atoms with van der Waals surface area (Å²) in [6, 6.07) is 3.60. The minimum atomic E-state index is -0.913. The van der Waals surface area contributed by atoms with Crippen molar-refractivity contribution in [3.63, 3.8) is 0 Å². The maximum atomic E-state index is 13.0. The molecule has 122 valence electrons. The van der Waals surface area contributed by atoms with Gasteiger partial charge in [-0.1, -0.05) is 0 Å². The van der Waals surface area contributed by atoms with Gasteiger partial charge >= 0.3 is 0 Å². The molecule has 1 aromatic heterocycles. The van der Waals surface area contributed by atoms with E-state index < -0.39 is 17.5 Å². The summed E-state index contributed by atoms with van der Waals surface area (Å²) < 4.78 is 25.8. The van der Waals surface area contributed by atoms with Gasteiger partial charge in [-0.25, -0.2) is 13.8 Å². The summed E-state index contributed by atoms with van der Waals surface area (Å²) in [5, 5.41) is 4.65. The molecular weight excluding hydrogens is 344 g/mol. The predicted octanol–water partition coefficient (Wildman–Crippen LogP) is 2.57. The fourth-order valence-corrected chi connectivity index (χ4v) is 3.23. The average molecular weight is 357 g/mol. The molecule has 0 radical (unpaired) electrons. The lowest BCUT2D eigenvalue weighted by atomic mass is 10.3. The normalized spacial score (nSPS) is 10.5. The summed E-state index contributed by atoms with van der Waals surface area (Å²) in [4.78, 5) is 27.2. The van der Waals surface area contributed by atoms with E-state index in [1.807, 2.05) is 0 Å². The fourth-order valence-electron chi connectivity index (χ4n) is 1.63. The number of carbonyl (C=O) groups is 2. The van der Waals surface area contributed by atoms with Gasteiger partial charge in [0.1, 0.15) is 0 Å². The lowest BCUT2D eigenvalue weighted by molar-refractivity contribution is -0.117. The van der Waals surface area contributed by atoms with Crippen LogP contribution in [-0.2, 0) is 16.0 Å². The third kappa shape index (κ3) is 5.61. The topological polar surface area (TPSA) is 85.1 Å². The Bertz CT molecular complexity index is 722. The Morgan fingerprint density at radius 2 is 2.09 bits per heavy atom. The van der Waals surface area contributed by atoms with Crippen LogP contribution >= 0.6 is 23.1 Å². The van der Waals surface area contributed by atoms with Crippen molar-refractivity contribution in [2.75, 3.05) is 11.1 Å². The van der Waals surface area contributed by atoms with Crippen LogP contribution in [0.15, 0.2) is 28.5 Å². The Kier molecular flexibility index (Phi) is 6.05. The molecule has 2 amide bonds. The van der Waals surface area contributed by atoms with Gasteiger partial charge in [-0.15, -0.1) is 23.1 Å². The van der Waals surface area contributed by atoms with Crippen LogP contribution in [0.4, 0.5) is 13.9 Å². The summed E-state index contributed by atoms with van der Waals surface area (Å²) >= 11 is 2.45. The minimum absolute atomic E-state index is 0.0261. The van der Waals surface area contributed by atoms with Crippen molar-refractivity contribution in [1.29, 1.82) is 0 Å². The third-order valence-electron chi connectivity index (χ3n) is 2.64. The molecule has 0 spiro atoms. The fraction of sp³-hybridized carbons (Fsp3) is 0.214. The van der Waals surface area contributed by atoms with Crippen molar-refractivity contribution in [1.82, 2.24) is 4.98 Å². The van der Waals surface area contributed by atoms with E-state index in [9.17, 15) is 18.4 Å². The molecule has 2 aromatic rings. The summed E-state index contributed by atoms with van der Waals surface area (Å²) in [5.74, 6) is -2.14. The Morgan fingerprint density at radius 3 is 2.78 bits per heavy atom. The first-order valence-electron chi connectivity index (χ1n) is 6.54. The van der Waals surface area contributed by atoms with Crippen molar-refractivity contribution < 1.29 is 18.4 Å². The van der Waals surface area contributed by atoms with E-state index in [2.05, 4.69) is 10.3 Å². The smallest absolute Gasteiger partial charge is 0.226 e. The highest BCUT2D eigenvalue weighted by atomic mass is 32.2. The van der Waals surface area contributed by atoms with Gasteiger partial charge in [-0.3, -0.25) is 9.59 Å². The summed E-state index contributed by atoms with van der Waals surface area (Å²) in [5.41, 5.74) is 5.57. The van der Waals surface area contributed by atoms with Crippen molar-refractivity contribution in [2.45, 2.75) is 17.7 Å². The number of anilines is 1. The Hall–Kier alpha value is -2.00. The highest BCUT2D eigenvalue weighted by molar-refractivity contribution is 7.99. The van der Waals surface area contributed by atoms with E-state index in [1.54, 1.807) is 5.38 Å². The van der Waals surface area contributed by atoms with E-state index in [0.29, 0.717) is 21.5 Å². The summed E-state index contributed by atoms with van der Waals surface area (Å²) in [7, 11) is 0. The summed E-state index contributed by atoms with van der Waals surface area (Å²) in [6.07, 6.45) is 0.215. The Labute approximate surface area is 139 Å². The van der Waals surface area contributed by atoms with Gasteiger partial charge in [-0.05, 0) is 18.2 Å². The number of hydrogen-bond acceptors (Lipinski definition) is 5. The molecule has 0 fully saturated rings. The maximum absolute atomic E-state index is 13.0. The van der Waals surface area contributed by atoms with E-state index in [0.717, 1.165) is 12.1 Å². The maximum Gasteiger partial charge on any atom is 0.226 e. The third-order valence-corrected chi connectivity index (χ3v) is 4.44. The van der Waals surface area contributed by atoms with E-state index in [-0.39, 0.29) is 18.7 Å². The number of thiazole rings is 1. The molecule has 3 N–H and O–H groups in total. The zero-order chi connectivity index (χ0) is 16.8.